The van der Waals surface area contributed by atoms with Crippen LogP contribution in [-0.2, 0) is 9.53 Å². The first-order chi connectivity index (χ1) is 19.1. The molecule has 2 spiro atoms. The number of carbonyl (C=O) groups excluding carboxylic acids is 1. The molecule has 0 aromatic heterocycles. The van der Waals surface area contributed by atoms with E-state index in [0.29, 0.717) is 40.4 Å². The minimum absolute atomic E-state index is 0.0136. The van der Waals surface area contributed by atoms with Crippen LogP contribution in [0.5, 0.6) is 0 Å². The summed E-state index contributed by atoms with van der Waals surface area (Å²) in [5, 5.41) is 13.1. The van der Waals surface area contributed by atoms with Crippen LogP contribution in [0.15, 0.2) is 23.9 Å². The number of hydrogen-bond donors (Lipinski definition) is 4. The van der Waals surface area contributed by atoms with E-state index in [9.17, 15) is 4.79 Å². The molecule has 1 aliphatic heterocycles. The quantitative estimate of drug-likeness (QED) is 0.178. The molecule has 1 amide bonds. The number of fused-ring (bicyclic) bond motifs is 4. The van der Waals surface area contributed by atoms with Gasteiger partial charge >= 0.3 is 0 Å². The number of hydrogen-bond acceptors (Lipinski definition) is 5. The van der Waals surface area contributed by atoms with Gasteiger partial charge in [0.15, 0.2) is 0 Å². The lowest BCUT2D eigenvalue weighted by atomic mass is 9.57. The highest BCUT2D eigenvalue weighted by atomic mass is 16.5. The second-order valence-corrected chi connectivity index (χ2v) is 15.4. The SMILES string of the molecule is C=C(NC)C(=O)NCCNCC(C)CC1N[C@@H](C)C2(CCC3C4CC=C5CCCCC5(C)C4CC34CC4(C)C2)O1. The predicted octanol–water partition coefficient (Wildman–Crippen LogP) is 5.27. The van der Waals surface area contributed by atoms with Crippen molar-refractivity contribution in [1.82, 2.24) is 21.3 Å². The van der Waals surface area contributed by atoms with Gasteiger partial charge in [-0.25, -0.2) is 0 Å². The van der Waals surface area contributed by atoms with Crippen molar-refractivity contribution in [1.29, 1.82) is 0 Å². The van der Waals surface area contributed by atoms with Crippen molar-refractivity contribution in [3.8, 4) is 0 Å². The van der Waals surface area contributed by atoms with E-state index >= 15 is 0 Å². The fraction of sp³-hybridized carbons (Fsp3) is 0.853. The lowest BCUT2D eigenvalue weighted by Crippen LogP contribution is -2.43. The van der Waals surface area contributed by atoms with Gasteiger partial charge in [0.1, 0.15) is 6.23 Å². The summed E-state index contributed by atoms with van der Waals surface area (Å²) in [6.45, 7) is 16.0. The Kier molecular flexibility index (Phi) is 7.48. The lowest BCUT2D eigenvalue weighted by molar-refractivity contribution is -0.117. The van der Waals surface area contributed by atoms with Crippen LogP contribution in [0.1, 0.15) is 98.3 Å². The van der Waals surface area contributed by atoms with Crippen molar-refractivity contribution in [3.05, 3.63) is 23.9 Å². The van der Waals surface area contributed by atoms with Gasteiger partial charge in [0.25, 0.3) is 5.91 Å². The fourth-order valence-electron chi connectivity index (χ4n) is 10.8. The van der Waals surface area contributed by atoms with Crippen molar-refractivity contribution in [2.45, 2.75) is 116 Å². The molecule has 0 aromatic rings. The van der Waals surface area contributed by atoms with Crippen molar-refractivity contribution >= 4 is 5.91 Å². The van der Waals surface area contributed by atoms with E-state index in [1.54, 1.807) is 7.05 Å². The third-order valence-corrected chi connectivity index (χ3v) is 13.1. The molecule has 40 heavy (non-hydrogen) atoms. The molecule has 1 heterocycles. The lowest BCUT2D eigenvalue weighted by Gasteiger charge is -2.48. The molecular weight excluding hydrogens is 496 g/mol. The summed E-state index contributed by atoms with van der Waals surface area (Å²) in [5.74, 6) is 3.07. The van der Waals surface area contributed by atoms with Gasteiger partial charge in [0.05, 0.1) is 11.3 Å². The predicted molar refractivity (Wildman–Crippen MR) is 161 cm³/mol. The molecular formula is C34H56N4O2. The highest BCUT2D eigenvalue weighted by molar-refractivity contribution is 5.92. The van der Waals surface area contributed by atoms with Crippen LogP contribution in [0.25, 0.3) is 0 Å². The summed E-state index contributed by atoms with van der Waals surface area (Å²) in [5.41, 5.74) is 3.72. The zero-order valence-corrected chi connectivity index (χ0v) is 26.0. The maximum absolute atomic E-state index is 11.8. The highest BCUT2D eigenvalue weighted by Crippen LogP contribution is 2.83. The van der Waals surface area contributed by atoms with E-state index in [2.05, 4.69) is 61.6 Å². The monoisotopic (exact) mass is 552 g/mol. The van der Waals surface area contributed by atoms with Gasteiger partial charge in [-0.15, -0.1) is 0 Å². The number of amides is 1. The Morgan fingerprint density at radius 3 is 2.83 bits per heavy atom. The average Bonchev–Trinajstić information content (AvgIpc) is 3.20. The molecule has 9 unspecified atom stereocenters. The van der Waals surface area contributed by atoms with Crippen LogP contribution in [-0.4, -0.2) is 50.5 Å². The Balaban J connectivity index is 1.04. The summed E-state index contributed by atoms with van der Waals surface area (Å²) in [4.78, 5) is 11.8. The number of rotatable bonds is 9. The molecule has 5 fully saturated rings. The molecule has 6 rings (SSSR count). The van der Waals surface area contributed by atoms with Gasteiger partial charge in [0.2, 0.25) is 0 Å². The van der Waals surface area contributed by atoms with Crippen LogP contribution in [0, 0.1) is 39.9 Å². The normalized spacial score (nSPS) is 45.8. The van der Waals surface area contributed by atoms with E-state index in [-0.39, 0.29) is 17.7 Å². The van der Waals surface area contributed by atoms with Gasteiger partial charge in [-0.3, -0.25) is 10.1 Å². The Bertz CT molecular complexity index is 1040. The molecule has 4 N–H and O–H groups in total. The zero-order chi connectivity index (χ0) is 28.3. The number of nitrogens with one attached hydrogen (secondary N) is 4. The summed E-state index contributed by atoms with van der Waals surface area (Å²) in [6, 6.07) is 0.408. The van der Waals surface area contributed by atoms with Crippen LogP contribution >= 0.6 is 0 Å². The molecule has 0 bridgehead atoms. The first-order valence-corrected chi connectivity index (χ1v) is 16.5. The van der Waals surface area contributed by atoms with Gasteiger partial charge < -0.3 is 20.7 Å². The molecule has 6 nitrogen and oxygen atoms in total. The molecule has 224 valence electrons. The molecule has 5 aliphatic carbocycles. The molecule has 4 saturated carbocycles. The molecule has 1 saturated heterocycles. The van der Waals surface area contributed by atoms with E-state index in [1.165, 1.54) is 64.2 Å². The minimum Gasteiger partial charge on any atom is -0.384 e. The average molecular weight is 553 g/mol. The second kappa shape index (κ2) is 10.4. The van der Waals surface area contributed by atoms with Gasteiger partial charge in [-0.2, -0.15) is 0 Å². The number of ether oxygens (including phenoxy) is 1. The third-order valence-electron chi connectivity index (χ3n) is 13.1. The number of allylic oxidation sites excluding steroid dienone is 2. The maximum Gasteiger partial charge on any atom is 0.266 e. The fourth-order valence-corrected chi connectivity index (χ4v) is 10.8. The molecule has 6 heteroatoms. The summed E-state index contributed by atoms with van der Waals surface area (Å²) >= 11 is 0. The Hall–Kier alpha value is -1.37. The Labute approximate surface area is 243 Å². The van der Waals surface area contributed by atoms with Crippen LogP contribution < -0.4 is 21.3 Å². The first kappa shape index (κ1) is 28.7. The third kappa shape index (κ3) is 4.59. The highest BCUT2D eigenvalue weighted by Gasteiger charge is 2.76. The zero-order valence-electron chi connectivity index (χ0n) is 26.0. The Morgan fingerprint density at radius 1 is 1.20 bits per heavy atom. The second-order valence-electron chi connectivity index (χ2n) is 15.4. The van der Waals surface area contributed by atoms with Crippen LogP contribution in [0.4, 0.5) is 0 Å². The van der Waals surface area contributed by atoms with E-state index in [0.717, 1.165) is 37.3 Å². The van der Waals surface area contributed by atoms with Crippen molar-refractivity contribution < 1.29 is 9.53 Å². The van der Waals surface area contributed by atoms with Crippen LogP contribution in [0.3, 0.4) is 0 Å². The summed E-state index contributed by atoms with van der Waals surface area (Å²) in [6.07, 6.45) is 17.6. The largest absolute Gasteiger partial charge is 0.384 e. The van der Waals surface area contributed by atoms with Gasteiger partial charge in [-0.1, -0.05) is 45.4 Å². The topological polar surface area (TPSA) is 74.4 Å². The van der Waals surface area contributed by atoms with Crippen molar-refractivity contribution in [2.24, 2.45) is 39.9 Å². The van der Waals surface area contributed by atoms with Crippen molar-refractivity contribution in [2.75, 3.05) is 26.7 Å². The van der Waals surface area contributed by atoms with E-state index in [1.807, 2.05) is 5.57 Å². The van der Waals surface area contributed by atoms with E-state index < -0.39 is 0 Å². The van der Waals surface area contributed by atoms with Gasteiger partial charge in [-0.05, 0) is 118 Å². The van der Waals surface area contributed by atoms with E-state index in [4.69, 9.17) is 4.74 Å². The number of carbonyl (C=O) groups is 1. The Morgan fingerprint density at radius 2 is 2.02 bits per heavy atom. The minimum atomic E-state index is -0.137. The molecule has 6 aliphatic rings. The molecule has 0 aromatic carbocycles. The van der Waals surface area contributed by atoms with Crippen molar-refractivity contribution in [3.63, 3.8) is 0 Å². The summed E-state index contributed by atoms with van der Waals surface area (Å²) in [7, 11) is 1.71. The maximum atomic E-state index is 11.8. The van der Waals surface area contributed by atoms with Crippen LogP contribution in [0.2, 0.25) is 0 Å². The first-order valence-electron chi connectivity index (χ1n) is 16.5. The summed E-state index contributed by atoms with van der Waals surface area (Å²) < 4.78 is 7.09. The standard InChI is InChI=1S/C34H56N4O2/c1-22(19-36-15-16-37-30(39)23(2)35-6)17-29-38-24(3)34(40-29)14-12-27-26-11-10-25-9-7-8-13-32(25,5)28(26)18-33(27)20-31(33,4)21-34/h10,22,24,26-29,35-36,38H,2,7-9,11-21H2,1,3-6H3,(H,37,39)/t22?,24-,26?,27?,28?,29?,31?,32?,33?,34?/m0/s1. The molecule has 0 radical (unpaired) electrons. The smallest absolute Gasteiger partial charge is 0.266 e. The molecule has 10 atom stereocenters. The van der Waals surface area contributed by atoms with Gasteiger partial charge in [0, 0.05) is 26.2 Å². The number of likely N-dealkylation sites (N-methyl/N-ethyl adjacent to an activating group) is 1.